The van der Waals surface area contributed by atoms with Crippen molar-refractivity contribution in [3.05, 3.63) is 61.2 Å². The molecule has 3 heterocycles. The lowest BCUT2D eigenvalue weighted by molar-refractivity contribution is 0.0153. The number of nitrogens with zero attached hydrogens (tertiary/aromatic N) is 4. The molecule has 5 rings (SSSR count). The average Bonchev–Trinajstić information content (AvgIpc) is 3.53. The maximum Gasteiger partial charge on any atom is 0.167 e. The molecule has 0 spiro atoms. The molecule has 1 aliphatic rings. The number of ether oxygens (including phenoxy) is 2. The molecule has 0 bridgehead atoms. The molecule has 3 N–H and O–H groups in total. The maximum absolute atomic E-state index is 9.64. The van der Waals surface area contributed by atoms with Crippen LogP contribution in [-0.2, 0) is 4.74 Å². The van der Waals surface area contributed by atoms with Gasteiger partial charge in [-0.2, -0.15) is 11.8 Å². The van der Waals surface area contributed by atoms with Crippen molar-refractivity contribution < 1.29 is 14.6 Å². The standard InChI is InChI=1S/C24H25N5O3S.C2H6/c25-23-22-24(27-14-26-23)29(15-28-22)21-9-8-20(32-21)13-33-11-10-31-19-6-4-16(5-7-19)17-2-1-3-18(30)12-17;1-2/h1-7,12,14-15,20-21,30H,8-11,13H2,(H2,25,26,27);1-2H3. The van der Waals surface area contributed by atoms with Crippen molar-refractivity contribution in [3.8, 4) is 22.6 Å². The van der Waals surface area contributed by atoms with E-state index in [9.17, 15) is 5.11 Å². The zero-order chi connectivity index (χ0) is 24.6. The van der Waals surface area contributed by atoms with Crippen LogP contribution in [0.25, 0.3) is 22.3 Å². The number of aromatic nitrogens is 4. The van der Waals surface area contributed by atoms with E-state index in [-0.39, 0.29) is 18.1 Å². The Balaban J connectivity index is 0.00000141. The highest BCUT2D eigenvalue weighted by Crippen LogP contribution is 2.32. The first kappa shape index (κ1) is 24.8. The SMILES string of the molecule is CC.Nc1ncnc2c1ncn2C1CCC(CSCCOc2ccc(-c3cccc(O)c3)cc2)O1. The highest BCUT2D eigenvalue weighted by molar-refractivity contribution is 7.99. The zero-order valence-corrected chi connectivity index (χ0v) is 20.8. The van der Waals surface area contributed by atoms with E-state index < -0.39 is 0 Å². The second kappa shape index (κ2) is 11.9. The fraction of sp³-hybridized carbons (Fsp3) is 0.346. The number of phenolic OH excluding ortho intramolecular Hbond substituents is 1. The third-order valence-electron chi connectivity index (χ3n) is 5.62. The quantitative estimate of drug-likeness (QED) is 0.319. The number of benzene rings is 2. The Hall–Kier alpha value is -3.30. The van der Waals surface area contributed by atoms with Crippen LogP contribution < -0.4 is 10.5 Å². The summed E-state index contributed by atoms with van der Waals surface area (Å²) in [5, 5.41) is 9.64. The van der Waals surface area contributed by atoms with Crippen molar-refractivity contribution in [3.63, 3.8) is 0 Å². The minimum Gasteiger partial charge on any atom is -0.508 e. The number of hydrogen-bond acceptors (Lipinski definition) is 8. The number of fused-ring (bicyclic) bond motifs is 1. The van der Waals surface area contributed by atoms with Crippen molar-refractivity contribution in [2.24, 2.45) is 0 Å². The van der Waals surface area contributed by atoms with Gasteiger partial charge in [-0.1, -0.05) is 38.1 Å². The smallest absolute Gasteiger partial charge is 0.167 e. The van der Waals surface area contributed by atoms with E-state index in [1.165, 1.54) is 6.33 Å². The van der Waals surface area contributed by atoms with Crippen molar-refractivity contribution in [2.75, 3.05) is 23.8 Å². The van der Waals surface area contributed by atoms with Gasteiger partial charge in [0.2, 0.25) is 0 Å². The molecule has 0 saturated carbocycles. The lowest BCUT2D eigenvalue weighted by Crippen LogP contribution is -2.14. The van der Waals surface area contributed by atoms with E-state index in [1.807, 2.05) is 66.6 Å². The Labute approximate surface area is 209 Å². The van der Waals surface area contributed by atoms with E-state index in [1.54, 1.807) is 18.5 Å². The van der Waals surface area contributed by atoms with Gasteiger partial charge in [0, 0.05) is 11.5 Å². The van der Waals surface area contributed by atoms with Gasteiger partial charge in [-0.15, -0.1) is 0 Å². The van der Waals surface area contributed by atoms with Crippen molar-refractivity contribution in [1.82, 2.24) is 19.5 Å². The van der Waals surface area contributed by atoms with E-state index in [0.29, 0.717) is 23.6 Å². The largest absolute Gasteiger partial charge is 0.508 e. The number of rotatable bonds is 8. The highest BCUT2D eigenvalue weighted by Gasteiger charge is 2.28. The fourth-order valence-electron chi connectivity index (χ4n) is 3.96. The molecule has 2 aromatic carbocycles. The molecule has 9 heteroatoms. The molecule has 2 aromatic heterocycles. The maximum atomic E-state index is 9.64. The minimum atomic E-state index is -0.0730. The normalized spacial score (nSPS) is 17.2. The fourth-order valence-corrected chi connectivity index (χ4v) is 4.83. The lowest BCUT2D eigenvalue weighted by atomic mass is 10.1. The summed E-state index contributed by atoms with van der Waals surface area (Å²) in [4.78, 5) is 12.6. The van der Waals surface area contributed by atoms with Gasteiger partial charge in [-0.3, -0.25) is 4.57 Å². The first-order valence-electron chi connectivity index (χ1n) is 11.9. The van der Waals surface area contributed by atoms with Gasteiger partial charge < -0.3 is 20.3 Å². The van der Waals surface area contributed by atoms with Crippen LogP contribution in [0.1, 0.15) is 32.9 Å². The Morgan fingerprint density at radius 2 is 1.91 bits per heavy atom. The summed E-state index contributed by atoms with van der Waals surface area (Å²) in [5.41, 5.74) is 9.23. The number of phenols is 1. The predicted molar refractivity (Wildman–Crippen MR) is 141 cm³/mol. The van der Waals surface area contributed by atoms with Crippen molar-refractivity contribution in [2.45, 2.75) is 39.0 Å². The molecule has 2 unspecified atom stereocenters. The number of nitrogen functional groups attached to an aromatic ring is 1. The van der Waals surface area contributed by atoms with Crippen LogP contribution in [0.5, 0.6) is 11.5 Å². The van der Waals surface area contributed by atoms with Gasteiger partial charge in [0.05, 0.1) is 19.0 Å². The number of imidazole rings is 1. The molecule has 1 fully saturated rings. The van der Waals surface area contributed by atoms with Crippen LogP contribution in [0.4, 0.5) is 5.82 Å². The van der Waals surface area contributed by atoms with Gasteiger partial charge in [0.25, 0.3) is 0 Å². The molecule has 4 aromatic rings. The summed E-state index contributed by atoms with van der Waals surface area (Å²) in [7, 11) is 0. The van der Waals surface area contributed by atoms with Crippen molar-refractivity contribution >= 4 is 28.7 Å². The number of anilines is 1. The average molecular weight is 494 g/mol. The third-order valence-corrected chi connectivity index (χ3v) is 6.68. The molecular formula is C26H31N5O3S. The van der Waals surface area contributed by atoms with Gasteiger partial charge in [-0.25, -0.2) is 15.0 Å². The zero-order valence-electron chi connectivity index (χ0n) is 20.0. The monoisotopic (exact) mass is 493 g/mol. The predicted octanol–water partition coefficient (Wildman–Crippen LogP) is 5.30. The molecule has 184 valence electrons. The van der Waals surface area contributed by atoms with E-state index in [2.05, 4.69) is 15.0 Å². The molecular weight excluding hydrogens is 462 g/mol. The molecule has 0 amide bonds. The second-order valence-electron chi connectivity index (χ2n) is 7.87. The van der Waals surface area contributed by atoms with Crippen LogP contribution in [0, 0.1) is 0 Å². The Morgan fingerprint density at radius 3 is 2.71 bits per heavy atom. The second-order valence-corrected chi connectivity index (χ2v) is 9.02. The minimum absolute atomic E-state index is 0.0730. The van der Waals surface area contributed by atoms with Crippen LogP contribution in [0.3, 0.4) is 0 Å². The summed E-state index contributed by atoms with van der Waals surface area (Å²) in [5.74, 6) is 3.29. The topological polar surface area (TPSA) is 108 Å². The number of hydrogen-bond donors (Lipinski definition) is 2. The number of aromatic hydroxyl groups is 1. The Kier molecular flexibility index (Phi) is 8.44. The van der Waals surface area contributed by atoms with Gasteiger partial charge >= 0.3 is 0 Å². The lowest BCUT2D eigenvalue weighted by Gasteiger charge is -2.15. The van der Waals surface area contributed by atoms with Gasteiger partial charge in [0.15, 0.2) is 11.5 Å². The Morgan fingerprint density at radius 1 is 1.09 bits per heavy atom. The molecule has 35 heavy (non-hydrogen) atoms. The highest BCUT2D eigenvalue weighted by atomic mass is 32.2. The van der Waals surface area contributed by atoms with E-state index in [0.717, 1.165) is 41.2 Å². The summed E-state index contributed by atoms with van der Waals surface area (Å²) in [6.07, 6.45) is 5.22. The van der Waals surface area contributed by atoms with Crippen LogP contribution in [-0.4, -0.2) is 48.8 Å². The summed E-state index contributed by atoms with van der Waals surface area (Å²) in [6.45, 7) is 4.63. The number of nitrogens with two attached hydrogens (primary N) is 1. The summed E-state index contributed by atoms with van der Waals surface area (Å²) < 4.78 is 14.0. The van der Waals surface area contributed by atoms with Gasteiger partial charge in [-0.05, 0) is 48.2 Å². The summed E-state index contributed by atoms with van der Waals surface area (Å²) >= 11 is 1.83. The molecule has 2 atom stereocenters. The van der Waals surface area contributed by atoms with Crippen molar-refractivity contribution in [1.29, 1.82) is 0 Å². The molecule has 1 aliphatic heterocycles. The van der Waals surface area contributed by atoms with E-state index >= 15 is 0 Å². The van der Waals surface area contributed by atoms with Crippen LogP contribution >= 0.6 is 11.8 Å². The Bertz CT molecular complexity index is 1230. The molecule has 0 radical (unpaired) electrons. The van der Waals surface area contributed by atoms with Gasteiger partial charge in [0.1, 0.15) is 29.6 Å². The summed E-state index contributed by atoms with van der Waals surface area (Å²) in [6, 6.07) is 15.1. The first-order chi connectivity index (χ1) is 17.2. The van der Waals surface area contributed by atoms with E-state index in [4.69, 9.17) is 15.2 Å². The number of thioether (sulfide) groups is 1. The molecule has 0 aliphatic carbocycles. The van der Waals surface area contributed by atoms with Crippen LogP contribution in [0.2, 0.25) is 0 Å². The van der Waals surface area contributed by atoms with Crippen LogP contribution in [0.15, 0.2) is 61.2 Å². The third kappa shape index (κ3) is 6.04. The molecule has 1 saturated heterocycles. The molecule has 8 nitrogen and oxygen atoms in total. The first-order valence-corrected chi connectivity index (χ1v) is 13.0.